The Balaban J connectivity index is 2.12. The number of hydrogen-bond donors (Lipinski definition) is 0. The van der Waals surface area contributed by atoms with E-state index in [4.69, 9.17) is 23.2 Å². The van der Waals surface area contributed by atoms with Gasteiger partial charge in [-0.3, -0.25) is 9.69 Å². The normalized spacial score (nSPS) is 20.6. The summed E-state index contributed by atoms with van der Waals surface area (Å²) in [6.07, 6.45) is 0. The molecule has 1 amide bonds. The molecule has 2 heterocycles. The van der Waals surface area contributed by atoms with Gasteiger partial charge in [-0.05, 0) is 25.6 Å². The van der Waals surface area contributed by atoms with Crippen molar-refractivity contribution in [2.75, 3.05) is 26.2 Å². The molecule has 2 rings (SSSR count). The molecule has 0 spiro atoms. The Hall–Kier alpha value is -0.840. The molecule has 0 aromatic carbocycles. The monoisotopic (exact) mass is 301 g/mol. The molecule has 1 aliphatic heterocycles. The second kappa shape index (κ2) is 6.07. The van der Waals surface area contributed by atoms with Crippen molar-refractivity contribution in [3.63, 3.8) is 0 Å². The number of carbonyl (C=O) groups excluding carboxylic acids is 1. The van der Waals surface area contributed by atoms with Crippen molar-refractivity contribution in [2.45, 2.75) is 19.9 Å². The fourth-order valence-corrected chi connectivity index (χ4v) is 2.88. The predicted molar refractivity (Wildman–Crippen MR) is 76.9 cm³/mol. The van der Waals surface area contributed by atoms with Gasteiger partial charge in [0.05, 0.1) is 0 Å². The molecule has 1 atom stereocenters. The van der Waals surface area contributed by atoms with Crippen LogP contribution in [0.1, 0.15) is 24.2 Å². The van der Waals surface area contributed by atoms with Crippen LogP contribution >= 0.6 is 23.2 Å². The molecule has 0 bridgehead atoms. The van der Waals surface area contributed by atoms with Gasteiger partial charge >= 0.3 is 0 Å². The van der Waals surface area contributed by atoms with Crippen molar-refractivity contribution in [3.05, 3.63) is 28.0 Å². The summed E-state index contributed by atoms with van der Waals surface area (Å²) in [5.74, 6) is -0.0335. The highest BCUT2D eigenvalue weighted by molar-refractivity contribution is 6.33. The first-order chi connectivity index (χ1) is 9.01. The van der Waals surface area contributed by atoms with Crippen LogP contribution in [0, 0.1) is 0 Å². The third kappa shape index (κ3) is 3.38. The van der Waals surface area contributed by atoms with Gasteiger partial charge in [-0.2, -0.15) is 0 Å². The second-order valence-electron chi connectivity index (χ2n) is 4.73. The Morgan fingerprint density at radius 3 is 2.53 bits per heavy atom. The Kier molecular flexibility index (Phi) is 4.66. The van der Waals surface area contributed by atoms with Crippen molar-refractivity contribution in [2.24, 2.45) is 0 Å². The summed E-state index contributed by atoms with van der Waals surface area (Å²) in [4.78, 5) is 20.5. The van der Waals surface area contributed by atoms with Gasteiger partial charge in [0.15, 0.2) is 0 Å². The number of amides is 1. The van der Waals surface area contributed by atoms with Crippen LogP contribution in [-0.2, 0) is 0 Å². The molecule has 0 N–H and O–H groups in total. The zero-order chi connectivity index (χ0) is 14.0. The van der Waals surface area contributed by atoms with E-state index < -0.39 is 0 Å². The minimum Gasteiger partial charge on any atom is -0.336 e. The molecule has 1 unspecified atom stereocenters. The van der Waals surface area contributed by atoms with E-state index in [1.165, 1.54) is 0 Å². The van der Waals surface area contributed by atoms with Crippen LogP contribution in [0.15, 0.2) is 12.1 Å². The van der Waals surface area contributed by atoms with E-state index >= 15 is 0 Å². The lowest BCUT2D eigenvalue weighted by atomic mass is 10.1. The molecular formula is C13H17Cl2N3O. The first-order valence-electron chi connectivity index (χ1n) is 6.37. The molecule has 0 aliphatic carbocycles. The van der Waals surface area contributed by atoms with Crippen LogP contribution in [0.3, 0.4) is 0 Å². The number of halogens is 2. The van der Waals surface area contributed by atoms with Gasteiger partial charge in [0.1, 0.15) is 10.3 Å². The van der Waals surface area contributed by atoms with Crippen molar-refractivity contribution >= 4 is 29.1 Å². The van der Waals surface area contributed by atoms with E-state index in [2.05, 4.69) is 23.7 Å². The summed E-state index contributed by atoms with van der Waals surface area (Å²) in [5, 5.41) is 0.493. The molecule has 4 nitrogen and oxygen atoms in total. The Labute approximate surface area is 123 Å². The molecule has 1 aromatic rings. The zero-order valence-corrected chi connectivity index (χ0v) is 12.6. The van der Waals surface area contributed by atoms with Crippen LogP contribution in [0.25, 0.3) is 0 Å². The number of carbonyl (C=O) groups is 1. The maximum absolute atomic E-state index is 12.4. The molecule has 1 saturated heterocycles. The van der Waals surface area contributed by atoms with Gasteiger partial charge in [-0.25, -0.2) is 4.98 Å². The molecule has 1 aromatic heterocycles. The molecule has 1 aliphatic rings. The molecular weight excluding hydrogens is 285 g/mol. The lowest BCUT2D eigenvalue weighted by Gasteiger charge is -2.39. The Morgan fingerprint density at radius 2 is 2.00 bits per heavy atom. The maximum Gasteiger partial charge on any atom is 0.254 e. The zero-order valence-electron chi connectivity index (χ0n) is 11.1. The molecule has 19 heavy (non-hydrogen) atoms. The summed E-state index contributed by atoms with van der Waals surface area (Å²) in [7, 11) is 0. The van der Waals surface area contributed by atoms with Crippen molar-refractivity contribution in [3.8, 4) is 0 Å². The minimum absolute atomic E-state index is 0.0335. The largest absolute Gasteiger partial charge is 0.336 e. The lowest BCUT2D eigenvalue weighted by Crippen LogP contribution is -2.53. The van der Waals surface area contributed by atoms with Gasteiger partial charge in [0.25, 0.3) is 5.91 Å². The second-order valence-corrected chi connectivity index (χ2v) is 5.50. The highest BCUT2D eigenvalue weighted by Gasteiger charge is 2.26. The van der Waals surface area contributed by atoms with Crippen molar-refractivity contribution in [1.29, 1.82) is 0 Å². The number of aromatic nitrogens is 1. The fourth-order valence-electron chi connectivity index (χ4n) is 2.42. The predicted octanol–water partition coefficient (Wildman–Crippen LogP) is 2.55. The fraction of sp³-hybridized carbons (Fsp3) is 0.538. The SMILES string of the molecule is CCN1CCN(C(=O)c2cc(Cl)nc(Cl)c2)CC1C. The van der Waals surface area contributed by atoms with E-state index in [9.17, 15) is 4.79 Å². The maximum atomic E-state index is 12.4. The van der Waals surface area contributed by atoms with Gasteiger partial charge in [-0.1, -0.05) is 30.1 Å². The van der Waals surface area contributed by atoms with E-state index in [0.29, 0.717) is 11.6 Å². The van der Waals surface area contributed by atoms with Crippen LogP contribution in [0.5, 0.6) is 0 Å². The molecule has 0 saturated carbocycles. The summed E-state index contributed by atoms with van der Waals surface area (Å²) in [5.41, 5.74) is 0.502. The quantitative estimate of drug-likeness (QED) is 0.788. The Bertz CT molecular complexity index is 461. The molecule has 6 heteroatoms. The van der Waals surface area contributed by atoms with Gasteiger partial charge in [0, 0.05) is 31.2 Å². The van der Waals surface area contributed by atoms with Gasteiger partial charge in [0.2, 0.25) is 0 Å². The van der Waals surface area contributed by atoms with Crippen molar-refractivity contribution < 1.29 is 4.79 Å². The first-order valence-corrected chi connectivity index (χ1v) is 7.13. The number of hydrogen-bond acceptors (Lipinski definition) is 3. The topological polar surface area (TPSA) is 36.4 Å². The van der Waals surface area contributed by atoms with Gasteiger partial charge < -0.3 is 4.90 Å². The average Bonchev–Trinajstić information content (AvgIpc) is 2.36. The standard InChI is InChI=1S/C13H17Cl2N3O/c1-3-17-4-5-18(8-9(17)2)13(19)10-6-11(14)16-12(15)7-10/h6-7,9H,3-5,8H2,1-2H3. The Morgan fingerprint density at radius 1 is 1.37 bits per heavy atom. The van der Waals surface area contributed by atoms with E-state index in [1.54, 1.807) is 12.1 Å². The van der Waals surface area contributed by atoms with Crippen LogP contribution in [0.4, 0.5) is 0 Å². The third-order valence-electron chi connectivity index (χ3n) is 3.47. The van der Waals surface area contributed by atoms with Crippen LogP contribution < -0.4 is 0 Å². The van der Waals surface area contributed by atoms with E-state index in [0.717, 1.165) is 26.2 Å². The van der Waals surface area contributed by atoms with E-state index in [-0.39, 0.29) is 16.2 Å². The third-order valence-corrected chi connectivity index (χ3v) is 3.86. The number of pyridine rings is 1. The number of nitrogens with zero attached hydrogens (tertiary/aromatic N) is 3. The van der Waals surface area contributed by atoms with Crippen LogP contribution in [-0.4, -0.2) is 52.9 Å². The minimum atomic E-state index is -0.0335. The number of piperazine rings is 1. The summed E-state index contributed by atoms with van der Waals surface area (Å²) in [6.45, 7) is 7.64. The molecule has 0 radical (unpaired) electrons. The van der Waals surface area contributed by atoms with Gasteiger partial charge in [-0.15, -0.1) is 0 Å². The molecule has 1 fully saturated rings. The number of rotatable bonds is 2. The first kappa shape index (κ1) is 14.6. The lowest BCUT2D eigenvalue weighted by molar-refractivity contribution is 0.0528. The summed E-state index contributed by atoms with van der Waals surface area (Å²) >= 11 is 11.7. The summed E-state index contributed by atoms with van der Waals surface area (Å²) < 4.78 is 0. The summed E-state index contributed by atoms with van der Waals surface area (Å²) in [6, 6.07) is 3.50. The van der Waals surface area contributed by atoms with Crippen molar-refractivity contribution in [1.82, 2.24) is 14.8 Å². The molecule has 104 valence electrons. The highest BCUT2D eigenvalue weighted by atomic mass is 35.5. The van der Waals surface area contributed by atoms with Crippen LogP contribution in [0.2, 0.25) is 10.3 Å². The van der Waals surface area contributed by atoms with E-state index in [1.807, 2.05) is 4.90 Å². The smallest absolute Gasteiger partial charge is 0.254 e. The number of likely N-dealkylation sites (N-methyl/N-ethyl adjacent to an activating group) is 1. The highest BCUT2D eigenvalue weighted by Crippen LogP contribution is 2.18. The average molecular weight is 302 g/mol.